The van der Waals surface area contributed by atoms with Gasteiger partial charge >= 0.3 is 12.1 Å². The number of carbonyl (C=O) groups excluding carboxylic acids is 3. The molecule has 0 radical (unpaired) electrons. The highest BCUT2D eigenvalue weighted by molar-refractivity contribution is 5.87. The molecule has 2 saturated heterocycles. The van der Waals surface area contributed by atoms with Gasteiger partial charge in [-0.25, -0.2) is 4.79 Å². The first kappa shape index (κ1) is 23.1. The van der Waals surface area contributed by atoms with E-state index in [1.165, 1.54) is 4.90 Å². The summed E-state index contributed by atoms with van der Waals surface area (Å²) in [5.74, 6) is -0.778. The molecule has 170 valence electrons. The van der Waals surface area contributed by atoms with Crippen LogP contribution in [0.2, 0.25) is 0 Å². The minimum atomic E-state index is -0.582. The van der Waals surface area contributed by atoms with E-state index >= 15 is 0 Å². The Labute approximate surface area is 183 Å². The maximum absolute atomic E-state index is 13.2. The molecule has 2 aliphatic heterocycles. The molecule has 0 aromatic heterocycles. The third kappa shape index (κ3) is 5.97. The second-order valence-corrected chi connectivity index (χ2v) is 9.25. The van der Waals surface area contributed by atoms with Crippen LogP contribution in [0.15, 0.2) is 30.3 Å². The highest BCUT2D eigenvalue weighted by Crippen LogP contribution is 2.27. The van der Waals surface area contributed by atoms with Crippen molar-refractivity contribution in [3.05, 3.63) is 35.9 Å². The molecule has 1 aromatic rings. The molecule has 2 heterocycles. The fourth-order valence-electron chi connectivity index (χ4n) is 4.11. The fraction of sp³-hybridized carbons (Fsp3) is 0.609. The van der Waals surface area contributed by atoms with Gasteiger partial charge in [0.2, 0.25) is 5.91 Å². The number of esters is 1. The second kappa shape index (κ2) is 9.68. The average Bonchev–Trinajstić information content (AvgIpc) is 3.21. The number of carbonyl (C=O) groups is 3. The van der Waals surface area contributed by atoms with Crippen LogP contribution in [0.3, 0.4) is 0 Å². The fourth-order valence-corrected chi connectivity index (χ4v) is 4.11. The molecular formula is C23H33N3O5. The van der Waals surface area contributed by atoms with Gasteiger partial charge in [0, 0.05) is 13.1 Å². The summed E-state index contributed by atoms with van der Waals surface area (Å²) in [5.41, 5.74) is 6.59. The molecule has 0 unspecified atom stereocenters. The third-order valence-electron chi connectivity index (χ3n) is 5.65. The van der Waals surface area contributed by atoms with Crippen molar-refractivity contribution in [3.63, 3.8) is 0 Å². The van der Waals surface area contributed by atoms with Gasteiger partial charge in [0.15, 0.2) is 0 Å². The van der Waals surface area contributed by atoms with E-state index in [9.17, 15) is 14.4 Å². The highest BCUT2D eigenvalue weighted by atomic mass is 16.6. The predicted molar refractivity (Wildman–Crippen MR) is 115 cm³/mol. The predicted octanol–water partition coefficient (Wildman–Crippen LogP) is 2.65. The third-order valence-corrected chi connectivity index (χ3v) is 5.65. The van der Waals surface area contributed by atoms with Crippen LogP contribution in [-0.2, 0) is 25.7 Å². The van der Waals surface area contributed by atoms with Crippen LogP contribution < -0.4 is 5.73 Å². The minimum absolute atomic E-state index is 0.165. The van der Waals surface area contributed by atoms with Crippen molar-refractivity contribution in [2.45, 2.75) is 70.9 Å². The van der Waals surface area contributed by atoms with Gasteiger partial charge in [0.05, 0.1) is 12.1 Å². The molecule has 1 aromatic carbocycles. The van der Waals surface area contributed by atoms with Gasteiger partial charge in [-0.15, -0.1) is 0 Å². The van der Waals surface area contributed by atoms with Gasteiger partial charge < -0.3 is 20.1 Å². The maximum atomic E-state index is 13.2. The van der Waals surface area contributed by atoms with E-state index in [1.54, 1.807) is 4.90 Å². The summed E-state index contributed by atoms with van der Waals surface area (Å²) in [6.45, 7) is 6.50. The monoisotopic (exact) mass is 431 g/mol. The summed E-state index contributed by atoms with van der Waals surface area (Å²) >= 11 is 0. The molecule has 3 rings (SSSR count). The van der Waals surface area contributed by atoms with Crippen LogP contribution in [0.4, 0.5) is 4.79 Å². The van der Waals surface area contributed by atoms with Crippen molar-refractivity contribution in [2.24, 2.45) is 11.7 Å². The Hall–Kier alpha value is -2.61. The Kier molecular flexibility index (Phi) is 7.20. The lowest BCUT2D eigenvalue weighted by atomic mass is 9.93. The normalized spacial score (nSPS) is 24.1. The Balaban J connectivity index is 1.56. The van der Waals surface area contributed by atoms with Crippen molar-refractivity contribution >= 4 is 18.0 Å². The van der Waals surface area contributed by atoms with Crippen molar-refractivity contribution in [2.75, 3.05) is 13.1 Å². The number of piperidine rings is 1. The zero-order chi connectivity index (χ0) is 22.6. The van der Waals surface area contributed by atoms with Crippen molar-refractivity contribution in [1.82, 2.24) is 9.80 Å². The first-order valence-electron chi connectivity index (χ1n) is 10.9. The molecule has 2 N–H and O–H groups in total. The van der Waals surface area contributed by atoms with Gasteiger partial charge in [0.25, 0.3) is 0 Å². The first-order valence-corrected chi connectivity index (χ1v) is 10.9. The van der Waals surface area contributed by atoms with Crippen LogP contribution in [0, 0.1) is 5.92 Å². The molecule has 3 atom stereocenters. The number of ether oxygens (including phenoxy) is 2. The molecular weight excluding hydrogens is 398 g/mol. The average molecular weight is 432 g/mol. The second-order valence-electron chi connectivity index (χ2n) is 9.25. The smallest absolute Gasteiger partial charge is 0.410 e. The number of nitrogens with zero attached hydrogens (tertiary/aromatic N) is 2. The lowest BCUT2D eigenvalue weighted by molar-refractivity contribution is -0.164. The van der Waals surface area contributed by atoms with Crippen LogP contribution >= 0.6 is 0 Å². The van der Waals surface area contributed by atoms with E-state index in [0.29, 0.717) is 32.4 Å². The topological polar surface area (TPSA) is 102 Å². The molecule has 8 nitrogen and oxygen atoms in total. The number of nitrogens with two attached hydrogens (primary N) is 1. The molecule has 0 aliphatic carbocycles. The number of likely N-dealkylation sites (tertiary alicyclic amines) is 2. The lowest BCUT2D eigenvalue weighted by Crippen LogP contribution is -2.57. The first-order chi connectivity index (χ1) is 14.7. The molecule has 8 heteroatoms. The largest absolute Gasteiger partial charge is 0.460 e. The number of benzene rings is 1. The maximum Gasteiger partial charge on any atom is 0.410 e. The van der Waals surface area contributed by atoms with E-state index in [1.807, 2.05) is 51.1 Å². The van der Waals surface area contributed by atoms with Crippen molar-refractivity contribution in [1.29, 1.82) is 0 Å². The standard InChI is InChI=1S/C23H33N3O5/c1-23(2,3)31-21(28)17-11-13-26(19(24)14-17)20(27)18-10-7-12-25(18)22(29)30-15-16-8-5-4-6-9-16/h4-6,8-9,17-19H,7,10-15,24H2,1-3H3/t17-,18-,19-/m1/s1. The van der Waals surface area contributed by atoms with Gasteiger partial charge in [0.1, 0.15) is 18.2 Å². The van der Waals surface area contributed by atoms with Crippen molar-refractivity contribution < 1.29 is 23.9 Å². The molecule has 2 aliphatic rings. The highest BCUT2D eigenvalue weighted by Gasteiger charge is 2.41. The lowest BCUT2D eigenvalue weighted by Gasteiger charge is -2.39. The van der Waals surface area contributed by atoms with Crippen LogP contribution in [-0.4, -0.2) is 58.7 Å². The zero-order valence-electron chi connectivity index (χ0n) is 18.6. The molecule has 2 amide bonds. The molecule has 0 spiro atoms. The van der Waals surface area contributed by atoms with Crippen LogP contribution in [0.1, 0.15) is 52.0 Å². The summed E-state index contributed by atoms with van der Waals surface area (Å²) in [5, 5.41) is 0. The van der Waals surface area contributed by atoms with Crippen LogP contribution in [0.5, 0.6) is 0 Å². The Morgan fingerprint density at radius 2 is 1.77 bits per heavy atom. The summed E-state index contributed by atoms with van der Waals surface area (Å²) < 4.78 is 10.9. The quantitative estimate of drug-likeness (QED) is 0.736. The Bertz CT molecular complexity index is 792. The van der Waals surface area contributed by atoms with E-state index < -0.39 is 23.9 Å². The van der Waals surface area contributed by atoms with Gasteiger partial charge in [-0.3, -0.25) is 14.5 Å². The van der Waals surface area contributed by atoms with Crippen LogP contribution in [0.25, 0.3) is 0 Å². The van der Waals surface area contributed by atoms with Gasteiger partial charge in [-0.05, 0) is 52.0 Å². The van der Waals surface area contributed by atoms with E-state index in [4.69, 9.17) is 15.2 Å². The van der Waals surface area contributed by atoms with Gasteiger partial charge in [-0.1, -0.05) is 30.3 Å². The molecule has 31 heavy (non-hydrogen) atoms. The van der Waals surface area contributed by atoms with E-state index in [2.05, 4.69) is 0 Å². The summed E-state index contributed by atoms with van der Waals surface area (Å²) in [7, 11) is 0. The Morgan fingerprint density at radius 1 is 1.06 bits per heavy atom. The number of rotatable bonds is 4. The number of hydrogen-bond acceptors (Lipinski definition) is 6. The van der Waals surface area contributed by atoms with E-state index in [-0.39, 0.29) is 24.4 Å². The zero-order valence-corrected chi connectivity index (χ0v) is 18.6. The Morgan fingerprint density at radius 3 is 2.42 bits per heavy atom. The molecule has 0 saturated carbocycles. The number of hydrogen-bond donors (Lipinski definition) is 1. The van der Waals surface area contributed by atoms with Crippen molar-refractivity contribution in [3.8, 4) is 0 Å². The SMILES string of the molecule is CC(C)(C)OC(=O)[C@@H]1CCN(C(=O)[C@H]2CCCN2C(=O)OCc2ccccc2)[C@@H](N)C1. The van der Waals surface area contributed by atoms with Gasteiger partial charge in [-0.2, -0.15) is 0 Å². The summed E-state index contributed by atoms with van der Waals surface area (Å²) in [6.07, 6.45) is 1.10. The van der Waals surface area contributed by atoms with E-state index in [0.717, 1.165) is 12.0 Å². The minimum Gasteiger partial charge on any atom is -0.460 e. The summed E-state index contributed by atoms with van der Waals surface area (Å²) in [4.78, 5) is 41.3. The summed E-state index contributed by atoms with van der Waals surface area (Å²) in [6, 6.07) is 8.85. The molecule has 0 bridgehead atoms. The molecule has 2 fully saturated rings. The number of amides is 2.